The van der Waals surface area contributed by atoms with Crippen LogP contribution in [0.3, 0.4) is 0 Å². The molecule has 27 heavy (non-hydrogen) atoms. The third-order valence-corrected chi connectivity index (χ3v) is 4.94. The summed E-state index contributed by atoms with van der Waals surface area (Å²) in [5.74, 6) is 0.737. The minimum Gasteiger partial charge on any atom is -0.491 e. The number of para-hydroxylation sites is 1. The second kappa shape index (κ2) is 9.20. The van der Waals surface area contributed by atoms with Crippen LogP contribution in [0.15, 0.2) is 48.5 Å². The van der Waals surface area contributed by atoms with Gasteiger partial charge in [0.2, 0.25) is 0 Å². The molecule has 0 radical (unpaired) electrons. The number of nitrogens with zero attached hydrogens (tertiary/aromatic N) is 3. The first-order chi connectivity index (χ1) is 13.2. The fourth-order valence-electron chi connectivity index (χ4n) is 3.21. The van der Waals surface area contributed by atoms with Gasteiger partial charge in [-0.1, -0.05) is 31.2 Å². The SMILES string of the molecule is CCc1ccc(C(=O)N2CCN(CCOc3ccccc3C#N)CC2)cc1. The van der Waals surface area contributed by atoms with Gasteiger partial charge in [-0.25, -0.2) is 0 Å². The Bertz CT molecular complexity index is 803. The zero-order chi connectivity index (χ0) is 19.1. The Labute approximate surface area is 160 Å². The molecule has 1 saturated heterocycles. The van der Waals surface area contributed by atoms with Crippen LogP contribution in [0.4, 0.5) is 0 Å². The summed E-state index contributed by atoms with van der Waals surface area (Å²) in [6.45, 7) is 6.55. The minimum absolute atomic E-state index is 0.108. The number of carbonyl (C=O) groups is 1. The molecule has 1 heterocycles. The lowest BCUT2D eigenvalue weighted by Crippen LogP contribution is -2.49. The number of nitriles is 1. The molecule has 0 bridgehead atoms. The number of rotatable bonds is 6. The van der Waals surface area contributed by atoms with Crippen LogP contribution in [-0.4, -0.2) is 55.0 Å². The van der Waals surface area contributed by atoms with Gasteiger partial charge >= 0.3 is 0 Å². The van der Waals surface area contributed by atoms with Crippen molar-refractivity contribution in [3.63, 3.8) is 0 Å². The number of benzene rings is 2. The lowest BCUT2D eigenvalue weighted by atomic mass is 10.1. The molecular formula is C22H25N3O2. The quantitative estimate of drug-likeness (QED) is 0.792. The van der Waals surface area contributed by atoms with Crippen molar-refractivity contribution in [2.45, 2.75) is 13.3 Å². The summed E-state index contributed by atoms with van der Waals surface area (Å²) in [5.41, 5.74) is 2.56. The van der Waals surface area contributed by atoms with Gasteiger partial charge in [-0.2, -0.15) is 5.26 Å². The molecule has 2 aromatic carbocycles. The first kappa shape index (κ1) is 18.9. The number of piperazine rings is 1. The van der Waals surface area contributed by atoms with Gasteiger partial charge in [-0.3, -0.25) is 9.69 Å². The molecule has 5 nitrogen and oxygen atoms in total. The van der Waals surface area contributed by atoms with Crippen LogP contribution in [0.25, 0.3) is 0 Å². The van der Waals surface area contributed by atoms with Crippen LogP contribution >= 0.6 is 0 Å². The number of ether oxygens (including phenoxy) is 1. The zero-order valence-corrected chi connectivity index (χ0v) is 15.7. The highest BCUT2D eigenvalue weighted by atomic mass is 16.5. The Morgan fingerprint density at radius 3 is 2.44 bits per heavy atom. The van der Waals surface area contributed by atoms with Crippen molar-refractivity contribution in [1.82, 2.24) is 9.80 Å². The highest BCUT2D eigenvalue weighted by molar-refractivity contribution is 5.94. The van der Waals surface area contributed by atoms with Crippen LogP contribution in [-0.2, 0) is 6.42 Å². The minimum atomic E-state index is 0.108. The third-order valence-electron chi connectivity index (χ3n) is 4.94. The summed E-state index contributed by atoms with van der Waals surface area (Å²) < 4.78 is 5.75. The lowest BCUT2D eigenvalue weighted by molar-refractivity contribution is 0.0620. The van der Waals surface area contributed by atoms with E-state index in [1.54, 1.807) is 6.07 Å². The molecule has 0 atom stereocenters. The molecule has 140 valence electrons. The van der Waals surface area contributed by atoms with Crippen molar-refractivity contribution in [1.29, 1.82) is 5.26 Å². The fraction of sp³-hybridized carbons (Fsp3) is 0.364. The van der Waals surface area contributed by atoms with Crippen molar-refractivity contribution in [2.75, 3.05) is 39.3 Å². The molecule has 0 N–H and O–H groups in total. The van der Waals surface area contributed by atoms with Crippen LogP contribution < -0.4 is 4.74 Å². The highest BCUT2D eigenvalue weighted by Crippen LogP contribution is 2.16. The fourth-order valence-corrected chi connectivity index (χ4v) is 3.21. The number of aryl methyl sites for hydroxylation is 1. The Morgan fingerprint density at radius 1 is 1.07 bits per heavy atom. The predicted molar refractivity (Wildman–Crippen MR) is 105 cm³/mol. The molecule has 2 aromatic rings. The summed E-state index contributed by atoms with van der Waals surface area (Å²) in [7, 11) is 0. The number of hydrogen-bond donors (Lipinski definition) is 0. The van der Waals surface area contributed by atoms with Crippen molar-refractivity contribution >= 4 is 5.91 Å². The van der Waals surface area contributed by atoms with Gasteiger partial charge < -0.3 is 9.64 Å². The molecule has 1 amide bonds. The summed E-state index contributed by atoms with van der Waals surface area (Å²) in [5, 5.41) is 9.09. The molecule has 1 aliphatic heterocycles. The molecule has 0 aliphatic carbocycles. The van der Waals surface area contributed by atoms with E-state index in [2.05, 4.69) is 17.9 Å². The van der Waals surface area contributed by atoms with Gasteiger partial charge in [0.05, 0.1) is 5.56 Å². The maximum absolute atomic E-state index is 12.6. The smallest absolute Gasteiger partial charge is 0.253 e. The Hall–Kier alpha value is -2.84. The van der Waals surface area contributed by atoms with Crippen LogP contribution in [0, 0.1) is 11.3 Å². The first-order valence-electron chi connectivity index (χ1n) is 9.43. The van der Waals surface area contributed by atoms with Crippen LogP contribution in [0.2, 0.25) is 0 Å². The number of hydrogen-bond acceptors (Lipinski definition) is 4. The summed E-state index contributed by atoms with van der Waals surface area (Å²) in [6, 6.07) is 17.3. The molecule has 3 rings (SSSR count). The van der Waals surface area contributed by atoms with Gasteiger partial charge in [0.15, 0.2) is 0 Å². The van der Waals surface area contributed by atoms with E-state index >= 15 is 0 Å². The van der Waals surface area contributed by atoms with E-state index in [1.807, 2.05) is 47.4 Å². The van der Waals surface area contributed by atoms with Gasteiger partial charge in [-0.05, 0) is 36.2 Å². The van der Waals surface area contributed by atoms with Crippen LogP contribution in [0.1, 0.15) is 28.4 Å². The Kier molecular flexibility index (Phi) is 6.45. The summed E-state index contributed by atoms with van der Waals surface area (Å²) in [6.07, 6.45) is 0.980. The van der Waals surface area contributed by atoms with E-state index in [-0.39, 0.29) is 5.91 Å². The second-order valence-corrected chi connectivity index (χ2v) is 6.64. The molecule has 1 aliphatic rings. The highest BCUT2D eigenvalue weighted by Gasteiger charge is 2.22. The van der Waals surface area contributed by atoms with E-state index in [4.69, 9.17) is 10.00 Å². The molecular weight excluding hydrogens is 338 g/mol. The van der Waals surface area contributed by atoms with Crippen LogP contribution in [0.5, 0.6) is 5.75 Å². The summed E-state index contributed by atoms with van der Waals surface area (Å²) in [4.78, 5) is 16.8. The Balaban J connectivity index is 1.44. The zero-order valence-electron chi connectivity index (χ0n) is 15.7. The maximum atomic E-state index is 12.6. The molecule has 1 fully saturated rings. The molecule has 0 spiro atoms. The molecule has 0 saturated carbocycles. The van der Waals surface area contributed by atoms with Crippen molar-refractivity contribution < 1.29 is 9.53 Å². The van der Waals surface area contributed by atoms with Crippen molar-refractivity contribution in [2.24, 2.45) is 0 Å². The topological polar surface area (TPSA) is 56.6 Å². The molecule has 0 aromatic heterocycles. The average molecular weight is 363 g/mol. The van der Waals surface area contributed by atoms with E-state index < -0.39 is 0 Å². The van der Waals surface area contributed by atoms with E-state index in [9.17, 15) is 4.79 Å². The van der Waals surface area contributed by atoms with Gasteiger partial charge in [0.25, 0.3) is 5.91 Å². The maximum Gasteiger partial charge on any atom is 0.253 e. The Morgan fingerprint density at radius 2 is 1.78 bits per heavy atom. The summed E-state index contributed by atoms with van der Waals surface area (Å²) >= 11 is 0. The van der Waals surface area contributed by atoms with E-state index in [0.29, 0.717) is 17.9 Å². The monoisotopic (exact) mass is 363 g/mol. The normalized spacial score (nSPS) is 14.6. The predicted octanol–water partition coefficient (Wildman–Crippen LogP) is 2.96. The van der Waals surface area contributed by atoms with Crippen molar-refractivity contribution in [3.8, 4) is 11.8 Å². The standard InChI is InChI=1S/C22H25N3O2/c1-2-18-7-9-19(10-8-18)22(26)25-13-11-24(12-14-25)15-16-27-21-6-4-3-5-20(21)17-23/h3-10H,2,11-16H2,1H3. The third kappa shape index (κ3) is 4.87. The van der Waals surface area contributed by atoms with Gasteiger partial charge in [-0.15, -0.1) is 0 Å². The van der Waals surface area contributed by atoms with Gasteiger partial charge in [0, 0.05) is 38.3 Å². The first-order valence-corrected chi connectivity index (χ1v) is 9.43. The molecule has 5 heteroatoms. The van der Waals surface area contributed by atoms with Gasteiger partial charge in [0.1, 0.15) is 18.4 Å². The average Bonchev–Trinajstić information content (AvgIpc) is 2.74. The van der Waals surface area contributed by atoms with E-state index in [1.165, 1.54) is 5.56 Å². The van der Waals surface area contributed by atoms with Crippen molar-refractivity contribution in [3.05, 3.63) is 65.2 Å². The second-order valence-electron chi connectivity index (χ2n) is 6.64. The largest absolute Gasteiger partial charge is 0.491 e. The number of carbonyl (C=O) groups excluding carboxylic acids is 1. The molecule has 0 unspecified atom stereocenters. The number of amides is 1. The lowest BCUT2D eigenvalue weighted by Gasteiger charge is -2.34. The van der Waals surface area contributed by atoms with E-state index in [0.717, 1.165) is 44.7 Å².